The number of carboxylic acids is 1. The monoisotopic (exact) mass is 454 g/mol. The van der Waals surface area contributed by atoms with Gasteiger partial charge in [0.1, 0.15) is 6.04 Å². The van der Waals surface area contributed by atoms with Crippen LogP contribution in [0.2, 0.25) is 0 Å². The van der Waals surface area contributed by atoms with E-state index < -0.39 is 12.0 Å². The van der Waals surface area contributed by atoms with Crippen LogP contribution in [0.4, 0.5) is 0 Å². The van der Waals surface area contributed by atoms with E-state index in [0.29, 0.717) is 6.42 Å². The van der Waals surface area contributed by atoms with Gasteiger partial charge in [-0.25, -0.2) is 4.79 Å². The van der Waals surface area contributed by atoms with E-state index in [-0.39, 0.29) is 24.8 Å². The first-order valence-electron chi connectivity index (χ1n) is 13.0. The molecule has 7 nitrogen and oxygen atoms in total. The number of carbonyl (C=O) groups excluding carboxylic acids is 1. The summed E-state index contributed by atoms with van der Waals surface area (Å²) in [6.07, 6.45) is 22.6. The fourth-order valence-electron chi connectivity index (χ4n) is 3.86. The molecule has 0 heterocycles. The minimum atomic E-state index is -1.06. The standard InChI is InChI=1S/C25H50N4O3/c1-2-3-4-5-6-7-8-9-10-11-12-13-14-15-16-17-18-19-23(30)29-22(24(31)32)20-21-28-25(26)27/h22H,2-21H2,1H3,(H,29,30)(H,31,32)(H4,26,27,28)/t22-/m0/s1. The zero-order chi connectivity index (χ0) is 23.9. The topological polar surface area (TPSA) is 131 Å². The van der Waals surface area contributed by atoms with Gasteiger partial charge < -0.3 is 21.9 Å². The Balaban J connectivity index is 3.46. The Kier molecular flexibility index (Phi) is 21.2. The highest BCUT2D eigenvalue weighted by atomic mass is 16.4. The summed E-state index contributed by atoms with van der Waals surface area (Å²) < 4.78 is 0. The highest BCUT2D eigenvalue weighted by Crippen LogP contribution is 2.14. The van der Waals surface area contributed by atoms with Crippen LogP contribution >= 0.6 is 0 Å². The number of carbonyl (C=O) groups is 2. The summed E-state index contributed by atoms with van der Waals surface area (Å²) in [5, 5.41) is 11.7. The Bertz CT molecular complexity index is 494. The van der Waals surface area contributed by atoms with Gasteiger partial charge >= 0.3 is 5.97 Å². The SMILES string of the molecule is CCCCCCCCCCCCCCCCCCCC(=O)N[C@@H](CCN=C(N)N)C(=O)O. The molecule has 0 radical (unpaired) electrons. The Hall–Kier alpha value is -1.79. The number of hydrogen-bond donors (Lipinski definition) is 4. The number of nitrogens with one attached hydrogen (secondary N) is 1. The Labute approximate surface area is 196 Å². The van der Waals surface area contributed by atoms with Crippen molar-refractivity contribution in [3.05, 3.63) is 0 Å². The van der Waals surface area contributed by atoms with Crippen LogP contribution in [0.3, 0.4) is 0 Å². The van der Waals surface area contributed by atoms with E-state index in [4.69, 9.17) is 11.5 Å². The summed E-state index contributed by atoms with van der Waals surface area (Å²) in [6, 6.07) is -0.948. The number of guanidine groups is 1. The number of hydrogen-bond acceptors (Lipinski definition) is 3. The summed E-state index contributed by atoms with van der Waals surface area (Å²) in [4.78, 5) is 26.9. The Morgan fingerprint density at radius 2 is 1.16 bits per heavy atom. The summed E-state index contributed by atoms with van der Waals surface area (Å²) >= 11 is 0. The van der Waals surface area contributed by atoms with Crippen LogP contribution in [-0.4, -0.2) is 35.5 Å². The number of nitrogens with two attached hydrogens (primary N) is 2. The molecule has 0 fully saturated rings. The summed E-state index contributed by atoms with van der Waals surface area (Å²) in [7, 11) is 0. The Morgan fingerprint density at radius 3 is 1.53 bits per heavy atom. The molecule has 188 valence electrons. The van der Waals surface area contributed by atoms with Gasteiger partial charge in [0, 0.05) is 13.0 Å². The molecule has 0 saturated heterocycles. The first-order chi connectivity index (χ1) is 15.5. The molecule has 7 heteroatoms. The molecule has 0 unspecified atom stereocenters. The second-order valence-electron chi connectivity index (χ2n) is 8.96. The third kappa shape index (κ3) is 21.4. The number of nitrogens with zero attached hydrogens (tertiary/aromatic N) is 1. The van der Waals surface area contributed by atoms with Crippen LogP contribution in [0.25, 0.3) is 0 Å². The van der Waals surface area contributed by atoms with Gasteiger partial charge in [-0.2, -0.15) is 0 Å². The van der Waals surface area contributed by atoms with Crippen molar-refractivity contribution in [1.82, 2.24) is 5.32 Å². The number of carboxylic acid groups (broad SMARTS) is 1. The number of unbranched alkanes of at least 4 members (excludes halogenated alkanes) is 16. The quantitative estimate of drug-likeness (QED) is 0.0950. The van der Waals surface area contributed by atoms with Gasteiger partial charge in [-0.3, -0.25) is 9.79 Å². The molecule has 1 atom stereocenters. The molecule has 0 saturated carbocycles. The molecule has 0 aliphatic heterocycles. The van der Waals surface area contributed by atoms with Crippen molar-refractivity contribution < 1.29 is 14.7 Å². The molecule has 0 bridgehead atoms. The van der Waals surface area contributed by atoms with Crippen molar-refractivity contribution in [1.29, 1.82) is 0 Å². The van der Waals surface area contributed by atoms with Crippen LogP contribution in [-0.2, 0) is 9.59 Å². The van der Waals surface area contributed by atoms with Gasteiger partial charge in [-0.05, 0) is 12.8 Å². The van der Waals surface area contributed by atoms with Gasteiger partial charge in [-0.15, -0.1) is 0 Å². The molecule has 0 rings (SSSR count). The molecule has 1 amide bonds. The van der Waals surface area contributed by atoms with Crippen molar-refractivity contribution in [3.8, 4) is 0 Å². The third-order valence-corrected chi connectivity index (χ3v) is 5.85. The molecule has 0 aromatic carbocycles. The molecule has 0 spiro atoms. The maximum Gasteiger partial charge on any atom is 0.326 e. The van der Waals surface area contributed by atoms with E-state index in [1.165, 1.54) is 89.9 Å². The zero-order valence-electron chi connectivity index (χ0n) is 20.6. The van der Waals surface area contributed by atoms with Crippen molar-refractivity contribution in [2.45, 2.75) is 135 Å². The van der Waals surface area contributed by atoms with E-state index in [0.717, 1.165) is 19.3 Å². The lowest BCUT2D eigenvalue weighted by Crippen LogP contribution is -2.41. The second-order valence-corrected chi connectivity index (χ2v) is 8.96. The largest absolute Gasteiger partial charge is 0.480 e. The van der Waals surface area contributed by atoms with Gasteiger partial charge in [0.05, 0.1) is 0 Å². The molecular formula is C25H50N4O3. The van der Waals surface area contributed by atoms with Gasteiger partial charge in [-0.1, -0.05) is 110 Å². The van der Waals surface area contributed by atoms with Crippen LogP contribution in [0.1, 0.15) is 129 Å². The smallest absolute Gasteiger partial charge is 0.326 e. The molecule has 0 aromatic rings. The third-order valence-electron chi connectivity index (χ3n) is 5.85. The van der Waals surface area contributed by atoms with Gasteiger partial charge in [0.2, 0.25) is 5.91 Å². The predicted molar refractivity (Wildman–Crippen MR) is 134 cm³/mol. The Morgan fingerprint density at radius 1 is 0.750 bits per heavy atom. The minimum Gasteiger partial charge on any atom is -0.480 e. The number of amides is 1. The highest BCUT2D eigenvalue weighted by Gasteiger charge is 2.19. The van der Waals surface area contributed by atoms with E-state index in [9.17, 15) is 14.7 Å². The molecule has 0 aliphatic rings. The first-order valence-corrected chi connectivity index (χ1v) is 13.0. The summed E-state index contributed by atoms with van der Waals surface area (Å²) in [6.45, 7) is 2.45. The number of rotatable bonds is 23. The van der Waals surface area contributed by atoms with Crippen molar-refractivity contribution >= 4 is 17.8 Å². The molecule has 32 heavy (non-hydrogen) atoms. The highest BCUT2D eigenvalue weighted by molar-refractivity contribution is 5.83. The average Bonchev–Trinajstić information content (AvgIpc) is 2.74. The first kappa shape index (κ1) is 30.2. The fraction of sp³-hybridized carbons (Fsp3) is 0.880. The molecular weight excluding hydrogens is 404 g/mol. The lowest BCUT2D eigenvalue weighted by atomic mass is 10.0. The van der Waals surface area contributed by atoms with Crippen LogP contribution in [0, 0.1) is 0 Å². The minimum absolute atomic E-state index is 0.0797. The van der Waals surface area contributed by atoms with Gasteiger partial charge in [0.25, 0.3) is 0 Å². The van der Waals surface area contributed by atoms with Crippen molar-refractivity contribution in [3.63, 3.8) is 0 Å². The molecule has 6 N–H and O–H groups in total. The number of aliphatic carboxylic acids is 1. The van der Waals surface area contributed by atoms with E-state index >= 15 is 0 Å². The van der Waals surface area contributed by atoms with E-state index in [1.807, 2.05) is 0 Å². The lowest BCUT2D eigenvalue weighted by molar-refractivity contribution is -0.142. The average molecular weight is 455 g/mol. The summed E-state index contributed by atoms with van der Waals surface area (Å²) in [5.41, 5.74) is 10.5. The maximum absolute atomic E-state index is 12.0. The normalized spacial score (nSPS) is 11.8. The summed E-state index contributed by atoms with van der Waals surface area (Å²) in [5.74, 6) is -1.36. The van der Waals surface area contributed by atoms with Crippen LogP contribution in [0.5, 0.6) is 0 Å². The van der Waals surface area contributed by atoms with Crippen LogP contribution in [0.15, 0.2) is 4.99 Å². The lowest BCUT2D eigenvalue weighted by Gasteiger charge is -2.13. The van der Waals surface area contributed by atoms with E-state index in [1.54, 1.807) is 0 Å². The predicted octanol–water partition coefficient (Wildman–Crippen LogP) is 5.26. The maximum atomic E-state index is 12.0. The number of aliphatic imine (C=N–C) groups is 1. The van der Waals surface area contributed by atoms with Crippen molar-refractivity contribution in [2.24, 2.45) is 16.5 Å². The zero-order valence-corrected chi connectivity index (χ0v) is 20.6. The van der Waals surface area contributed by atoms with Gasteiger partial charge in [0.15, 0.2) is 5.96 Å². The fourth-order valence-corrected chi connectivity index (χ4v) is 3.86. The molecule has 0 aliphatic carbocycles. The van der Waals surface area contributed by atoms with Crippen LogP contribution < -0.4 is 16.8 Å². The van der Waals surface area contributed by atoms with Crippen molar-refractivity contribution in [2.75, 3.05) is 6.54 Å². The molecule has 0 aromatic heterocycles. The second kappa shape index (κ2) is 22.4. The van der Waals surface area contributed by atoms with E-state index in [2.05, 4.69) is 17.2 Å².